The fourth-order valence-corrected chi connectivity index (χ4v) is 2.67. The van der Waals surface area contributed by atoms with E-state index >= 15 is 0 Å². The van der Waals surface area contributed by atoms with Crippen molar-refractivity contribution in [2.75, 3.05) is 19.8 Å². The zero-order chi connectivity index (χ0) is 15.2. The standard InChI is InChI=1S/C15H19BrFNO3/c1-2-20-15(19)14(18-9-11-4-3-7-21-11)12-6-5-10(16)8-13(12)17/h5-6,8,11,14,18H,2-4,7,9H2,1H3. The summed E-state index contributed by atoms with van der Waals surface area (Å²) in [5.74, 6) is -0.918. The van der Waals surface area contributed by atoms with Crippen LogP contribution in [0.1, 0.15) is 31.4 Å². The highest BCUT2D eigenvalue weighted by atomic mass is 79.9. The average Bonchev–Trinajstić information content (AvgIpc) is 2.94. The Morgan fingerprint density at radius 3 is 3.05 bits per heavy atom. The minimum Gasteiger partial charge on any atom is -0.465 e. The lowest BCUT2D eigenvalue weighted by Gasteiger charge is -2.20. The molecule has 0 amide bonds. The number of rotatable bonds is 6. The molecule has 1 aromatic rings. The van der Waals surface area contributed by atoms with Crippen molar-refractivity contribution in [1.29, 1.82) is 0 Å². The number of carbonyl (C=O) groups is 1. The molecule has 1 N–H and O–H groups in total. The molecule has 116 valence electrons. The third-order valence-electron chi connectivity index (χ3n) is 3.37. The van der Waals surface area contributed by atoms with E-state index in [-0.39, 0.29) is 18.3 Å². The highest BCUT2D eigenvalue weighted by molar-refractivity contribution is 9.10. The van der Waals surface area contributed by atoms with E-state index in [0.29, 0.717) is 11.0 Å². The van der Waals surface area contributed by atoms with E-state index in [2.05, 4.69) is 21.2 Å². The first-order valence-electron chi connectivity index (χ1n) is 7.08. The quantitative estimate of drug-likeness (QED) is 0.793. The molecule has 6 heteroatoms. The van der Waals surface area contributed by atoms with Gasteiger partial charge in [0, 0.05) is 23.2 Å². The minimum atomic E-state index is -0.817. The molecule has 2 unspecified atom stereocenters. The van der Waals surface area contributed by atoms with Gasteiger partial charge < -0.3 is 9.47 Å². The zero-order valence-corrected chi connectivity index (χ0v) is 13.5. The van der Waals surface area contributed by atoms with Gasteiger partial charge in [-0.1, -0.05) is 22.0 Å². The molecular formula is C15H19BrFNO3. The molecule has 1 saturated heterocycles. The van der Waals surface area contributed by atoms with Crippen molar-refractivity contribution < 1.29 is 18.7 Å². The van der Waals surface area contributed by atoms with Crippen LogP contribution in [0.4, 0.5) is 4.39 Å². The Morgan fingerprint density at radius 1 is 1.62 bits per heavy atom. The van der Waals surface area contributed by atoms with Crippen molar-refractivity contribution in [1.82, 2.24) is 5.32 Å². The van der Waals surface area contributed by atoms with Crippen LogP contribution in [-0.2, 0) is 14.3 Å². The van der Waals surface area contributed by atoms with Gasteiger partial charge in [0.15, 0.2) is 0 Å². The second-order valence-electron chi connectivity index (χ2n) is 4.89. The predicted octanol–water partition coefficient (Wildman–Crippen LogP) is 2.96. The van der Waals surface area contributed by atoms with E-state index in [1.165, 1.54) is 6.07 Å². The maximum absolute atomic E-state index is 14.1. The largest absolute Gasteiger partial charge is 0.465 e. The summed E-state index contributed by atoms with van der Waals surface area (Å²) in [5.41, 5.74) is 0.287. The van der Waals surface area contributed by atoms with Crippen molar-refractivity contribution in [3.05, 3.63) is 34.1 Å². The second-order valence-corrected chi connectivity index (χ2v) is 5.81. The number of hydrogen-bond donors (Lipinski definition) is 1. The molecule has 2 atom stereocenters. The van der Waals surface area contributed by atoms with Crippen LogP contribution < -0.4 is 5.32 Å². The normalized spacial score (nSPS) is 19.5. The first-order chi connectivity index (χ1) is 10.1. The Morgan fingerprint density at radius 2 is 2.43 bits per heavy atom. The number of nitrogens with one attached hydrogen (secondary N) is 1. The molecule has 0 saturated carbocycles. The Balaban J connectivity index is 2.12. The van der Waals surface area contributed by atoms with Gasteiger partial charge in [0.1, 0.15) is 11.9 Å². The summed E-state index contributed by atoms with van der Waals surface area (Å²) in [7, 11) is 0. The van der Waals surface area contributed by atoms with Gasteiger partial charge in [-0.05, 0) is 31.9 Å². The van der Waals surface area contributed by atoms with E-state index in [1.54, 1.807) is 19.1 Å². The third-order valence-corrected chi connectivity index (χ3v) is 3.86. The molecule has 1 aliphatic heterocycles. The van der Waals surface area contributed by atoms with Crippen LogP contribution in [0.15, 0.2) is 22.7 Å². The van der Waals surface area contributed by atoms with E-state index < -0.39 is 17.8 Å². The van der Waals surface area contributed by atoms with Crippen LogP contribution in [0.5, 0.6) is 0 Å². The van der Waals surface area contributed by atoms with Crippen molar-refractivity contribution in [3.63, 3.8) is 0 Å². The maximum Gasteiger partial charge on any atom is 0.327 e. The molecular weight excluding hydrogens is 341 g/mol. The van der Waals surface area contributed by atoms with E-state index in [4.69, 9.17) is 9.47 Å². The summed E-state index contributed by atoms with van der Waals surface area (Å²) in [6.45, 7) is 3.23. The fourth-order valence-electron chi connectivity index (χ4n) is 2.34. The van der Waals surface area contributed by atoms with Crippen LogP contribution in [0.3, 0.4) is 0 Å². The Labute approximate surface area is 132 Å². The van der Waals surface area contributed by atoms with Crippen LogP contribution >= 0.6 is 15.9 Å². The monoisotopic (exact) mass is 359 g/mol. The van der Waals surface area contributed by atoms with Crippen molar-refractivity contribution in [2.45, 2.75) is 31.9 Å². The van der Waals surface area contributed by atoms with Gasteiger partial charge in [-0.25, -0.2) is 9.18 Å². The van der Waals surface area contributed by atoms with Gasteiger partial charge in [0.2, 0.25) is 0 Å². The lowest BCUT2D eigenvalue weighted by molar-refractivity contribution is -0.146. The summed E-state index contributed by atoms with van der Waals surface area (Å²) in [6, 6.07) is 3.82. The third kappa shape index (κ3) is 4.49. The zero-order valence-electron chi connectivity index (χ0n) is 11.9. The van der Waals surface area contributed by atoms with Gasteiger partial charge in [-0.3, -0.25) is 5.32 Å². The SMILES string of the molecule is CCOC(=O)C(NCC1CCCO1)c1ccc(Br)cc1F. The van der Waals surface area contributed by atoms with Crippen LogP contribution in [0.2, 0.25) is 0 Å². The van der Waals surface area contributed by atoms with Crippen LogP contribution in [0, 0.1) is 5.82 Å². The Kier molecular flexibility index (Phi) is 6.14. The highest BCUT2D eigenvalue weighted by Crippen LogP contribution is 2.23. The molecule has 0 aliphatic carbocycles. The Hall–Kier alpha value is -0.980. The smallest absolute Gasteiger partial charge is 0.327 e. The van der Waals surface area contributed by atoms with Gasteiger partial charge in [-0.2, -0.15) is 0 Å². The average molecular weight is 360 g/mol. The predicted molar refractivity (Wildman–Crippen MR) is 80.5 cm³/mol. The first-order valence-corrected chi connectivity index (χ1v) is 7.87. The van der Waals surface area contributed by atoms with E-state index in [0.717, 1.165) is 19.4 Å². The molecule has 1 fully saturated rings. The fraction of sp³-hybridized carbons (Fsp3) is 0.533. The number of ether oxygens (including phenoxy) is 2. The maximum atomic E-state index is 14.1. The topological polar surface area (TPSA) is 47.6 Å². The van der Waals surface area contributed by atoms with E-state index in [1.807, 2.05) is 0 Å². The molecule has 0 spiro atoms. The Bertz CT molecular complexity index is 492. The summed E-state index contributed by atoms with van der Waals surface area (Å²) >= 11 is 3.21. The summed E-state index contributed by atoms with van der Waals surface area (Å²) < 4.78 is 25.3. The molecule has 2 rings (SSSR count). The first kappa shape index (κ1) is 16.4. The number of carbonyl (C=O) groups excluding carboxylic acids is 1. The van der Waals surface area contributed by atoms with E-state index in [9.17, 15) is 9.18 Å². The van der Waals surface area contributed by atoms with Crippen molar-refractivity contribution in [2.24, 2.45) is 0 Å². The molecule has 0 aromatic heterocycles. The van der Waals surface area contributed by atoms with Gasteiger partial charge in [-0.15, -0.1) is 0 Å². The number of halogens is 2. The lowest BCUT2D eigenvalue weighted by Crippen LogP contribution is -2.36. The highest BCUT2D eigenvalue weighted by Gasteiger charge is 2.26. The summed E-state index contributed by atoms with van der Waals surface area (Å²) in [5, 5.41) is 3.07. The molecule has 0 radical (unpaired) electrons. The van der Waals surface area contributed by atoms with Gasteiger partial charge in [0.05, 0.1) is 12.7 Å². The number of benzene rings is 1. The number of esters is 1. The minimum absolute atomic E-state index is 0.0698. The van der Waals surface area contributed by atoms with Gasteiger partial charge in [0.25, 0.3) is 0 Å². The number of hydrogen-bond acceptors (Lipinski definition) is 4. The van der Waals surface area contributed by atoms with Crippen molar-refractivity contribution >= 4 is 21.9 Å². The lowest BCUT2D eigenvalue weighted by atomic mass is 10.1. The molecule has 21 heavy (non-hydrogen) atoms. The van der Waals surface area contributed by atoms with Crippen molar-refractivity contribution in [3.8, 4) is 0 Å². The molecule has 1 aliphatic rings. The van der Waals surface area contributed by atoms with Crippen LogP contribution in [0.25, 0.3) is 0 Å². The second kappa shape index (κ2) is 7.87. The summed E-state index contributed by atoms with van der Waals surface area (Å²) in [4.78, 5) is 12.1. The van der Waals surface area contributed by atoms with Gasteiger partial charge >= 0.3 is 5.97 Å². The molecule has 0 bridgehead atoms. The van der Waals surface area contributed by atoms with Crippen LogP contribution in [-0.4, -0.2) is 31.8 Å². The molecule has 1 heterocycles. The molecule has 4 nitrogen and oxygen atoms in total. The molecule has 1 aromatic carbocycles. The summed E-state index contributed by atoms with van der Waals surface area (Å²) in [6.07, 6.45) is 2.04.